The molecule has 0 unspecified atom stereocenters. The average Bonchev–Trinajstić information content (AvgIpc) is 3.27. The number of fused-ring (bicyclic) bond motifs is 3. The number of hydrogen-bond acceptors (Lipinski definition) is 3. The highest BCUT2D eigenvalue weighted by Crippen LogP contribution is 2.32. The molecule has 36 heavy (non-hydrogen) atoms. The largest absolute Gasteiger partial charge is 0.494 e. The Morgan fingerprint density at radius 3 is 2.44 bits per heavy atom. The number of carbonyl (C=O) groups is 2. The van der Waals surface area contributed by atoms with Gasteiger partial charge >= 0.3 is 0 Å². The van der Waals surface area contributed by atoms with Gasteiger partial charge in [-0.1, -0.05) is 60.7 Å². The number of hydrogen-bond donors (Lipinski definition) is 1. The van der Waals surface area contributed by atoms with Crippen LogP contribution in [0, 0.1) is 0 Å². The molecule has 0 bridgehead atoms. The third kappa shape index (κ3) is 4.47. The quantitative estimate of drug-likeness (QED) is 0.393. The lowest BCUT2D eigenvalue weighted by Crippen LogP contribution is -2.64. The van der Waals surface area contributed by atoms with Crippen molar-refractivity contribution >= 4 is 22.7 Å². The van der Waals surface area contributed by atoms with Crippen molar-refractivity contribution in [3.63, 3.8) is 0 Å². The van der Waals surface area contributed by atoms with E-state index in [0.29, 0.717) is 38.4 Å². The van der Waals surface area contributed by atoms with Crippen molar-refractivity contribution in [3.8, 4) is 5.75 Å². The van der Waals surface area contributed by atoms with Crippen LogP contribution in [0.5, 0.6) is 5.75 Å². The van der Waals surface area contributed by atoms with Gasteiger partial charge < -0.3 is 19.5 Å². The van der Waals surface area contributed by atoms with Gasteiger partial charge in [-0.15, -0.1) is 0 Å². The number of nitrogens with zero attached hydrogens (tertiary/aromatic N) is 2. The fourth-order valence-electron chi connectivity index (χ4n) is 4.98. The Labute approximate surface area is 211 Å². The third-order valence-corrected chi connectivity index (χ3v) is 6.98. The lowest BCUT2D eigenvalue weighted by atomic mass is 9.93. The van der Waals surface area contributed by atoms with E-state index in [4.69, 9.17) is 4.74 Å². The summed E-state index contributed by atoms with van der Waals surface area (Å²) in [6.45, 7) is 5.69. The molecular weight excluding hydrogens is 450 g/mol. The van der Waals surface area contributed by atoms with Crippen LogP contribution in [0.25, 0.3) is 10.9 Å². The summed E-state index contributed by atoms with van der Waals surface area (Å²) in [5, 5.41) is 4.09. The molecule has 0 aliphatic carbocycles. The van der Waals surface area contributed by atoms with Crippen LogP contribution in [0.3, 0.4) is 0 Å². The molecule has 5 rings (SSSR count). The van der Waals surface area contributed by atoms with Gasteiger partial charge in [0.15, 0.2) is 0 Å². The fraction of sp³-hybridized carbons (Fsp3) is 0.267. The van der Waals surface area contributed by atoms with Crippen LogP contribution in [0.4, 0.5) is 0 Å². The molecule has 0 radical (unpaired) electrons. The van der Waals surface area contributed by atoms with E-state index in [1.54, 1.807) is 4.90 Å². The molecule has 1 atom stereocenters. The van der Waals surface area contributed by atoms with Gasteiger partial charge in [0.25, 0.3) is 5.91 Å². The van der Waals surface area contributed by atoms with Gasteiger partial charge in [-0.2, -0.15) is 0 Å². The topological polar surface area (TPSA) is 63.6 Å². The normalized spacial score (nSPS) is 17.2. The fourth-order valence-corrected chi connectivity index (χ4v) is 4.98. The van der Waals surface area contributed by atoms with Gasteiger partial charge in [-0.05, 0) is 55.7 Å². The second-order valence-electron chi connectivity index (χ2n) is 9.40. The summed E-state index contributed by atoms with van der Waals surface area (Å²) in [6, 6.07) is 27.6. The number of amides is 2. The van der Waals surface area contributed by atoms with Gasteiger partial charge in [0.05, 0.1) is 13.2 Å². The predicted molar refractivity (Wildman–Crippen MR) is 141 cm³/mol. The van der Waals surface area contributed by atoms with Crippen molar-refractivity contribution in [1.29, 1.82) is 0 Å². The van der Waals surface area contributed by atoms with Crippen molar-refractivity contribution in [2.45, 2.75) is 38.9 Å². The summed E-state index contributed by atoms with van der Waals surface area (Å²) >= 11 is 0. The first-order valence-electron chi connectivity index (χ1n) is 12.4. The maximum Gasteiger partial charge on any atom is 0.271 e. The minimum atomic E-state index is -1.04. The summed E-state index contributed by atoms with van der Waals surface area (Å²) in [7, 11) is 0. The summed E-state index contributed by atoms with van der Waals surface area (Å²) in [4.78, 5) is 29.3. The average molecular weight is 482 g/mol. The van der Waals surface area contributed by atoms with E-state index in [0.717, 1.165) is 27.8 Å². The number of carbonyl (C=O) groups excluding carboxylic acids is 2. The Hall–Kier alpha value is -4.06. The molecule has 6 heteroatoms. The number of aromatic nitrogens is 1. The molecule has 3 aromatic carbocycles. The zero-order valence-electron chi connectivity index (χ0n) is 20.7. The number of benzene rings is 3. The van der Waals surface area contributed by atoms with E-state index in [1.165, 1.54) is 0 Å². The van der Waals surface area contributed by atoms with Crippen molar-refractivity contribution in [2.24, 2.45) is 0 Å². The molecule has 1 aromatic heterocycles. The van der Waals surface area contributed by atoms with E-state index in [9.17, 15) is 9.59 Å². The van der Waals surface area contributed by atoms with Gasteiger partial charge in [-0.3, -0.25) is 9.59 Å². The van der Waals surface area contributed by atoms with Crippen molar-refractivity contribution in [3.05, 3.63) is 102 Å². The van der Waals surface area contributed by atoms with Gasteiger partial charge in [0.2, 0.25) is 5.91 Å². The van der Waals surface area contributed by atoms with E-state index in [1.807, 2.05) is 103 Å². The zero-order valence-corrected chi connectivity index (χ0v) is 20.7. The molecule has 6 nitrogen and oxygen atoms in total. The first-order valence-corrected chi connectivity index (χ1v) is 12.4. The van der Waals surface area contributed by atoms with Crippen LogP contribution in [0.15, 0.2) is 84.9 Å². The second-order valence-corrected chi connectivity index (χ2v) is 9.40. The molecule has 0 fully saturated rings. The third-order valence-electron chi connectivity index (χ3n) is 6.98. The molecular formula is C30H31N3O3. The highest BCUT2D eigenvalue weighted by atomic mass is 16.5. The summed E-state index contributed by atoms with van der Waals surface area (Å²) in [5.74, 6) is 0.542. The van der Waals surface area contributed by atoms with E-state index < -0.39 is 5.54 Å². The molecule has 1 aliphatic rings. The zero-order chi connectivity index (χ0) is 25.1. The van der Waals surface area contributed by atoms with E-state index in [-0.39, 0.29) is 11.8 Å². The maximum absolute atomic E-state index is 13.8. The number of ether oxygens (including phenoxy) is 1. The molecule has 0 saturated heterocycles. The first-order chi connectivity index (χ1) is 17.5. The summed E-state index contributed by atoms with van der Waals surface area (Å²) in [5.41, 5.74) is 2.66. The van der Waals surface area contributed by atoms with Crippen molar-refractivity contribution in [2.75, 3.05) is 13.2 Å². The molecule has 2 heterocycles. The molecule has 2 amide bonds. The van der Waals surface area contributed by atoms with Crippen LogP contribution in [0.1, 0.15) is 35.5 Å². The Kier molecular flexibility index (Phi) is 6.51. The monoisotopic (exact) mass is 481 g/mol. The van der Waals surface area contributed by atoms with Crippen molar-refractivity contribution < 1.29 is 14.3 Å². The van der Waals surface area contributed by atoms with Crippen LogP contribution in [-0.4, -0.2) is 40.0 Å². The minimum Gasteiger partial charge on any atom is -0.494 e. The lowest BCUT2D eigenvalue weighted by molar-refractivity contribution is -0.133. The van der Waals surface area contributed by atoms with E-state index in [2.05, 4.69) is 5.32 Å². The van der Waals surface area contributed by atoms with Crippen LogP contribution < -0.4 is 10.1 Å². The second kappa shape index (κ2) is 9.90. The van der Waals surface area contributed by atoms with E-state index >= 15 is 0 Å². The molecule has 0 spiro atoms. The maximum atomic E-state index is 13.8. The number of nitrogens with one attached hydrogen (secondary N) is 1. The van der Waals surface area contributed by atoms with Crippen LogP contribution in [-0.2, 0) is 24.3 Å². The molecule has 4 aromatic rings. The molecule has 1 N–H and O–H groups in total. The predicted octanol–water partition coefficient (Wildman–Crippen LogP) is 4.81. The molecule has 1 aliphatic heterocycles. The van der Waals surface area contributed by atoms with Gasteiger partial charge in [0, 0.05) is 24.0 Å². The van der Waals surface area contributed by atoms with Crippen molar-refractivity contribution in [1.82, 2.24) is 14.8 Å². The number of rotatable bonds is 8. The summed E-state index contributed by atoms with van der Waals surface area (Å²) in [6.07, 6.45) is 0.639. The SMILES string of the molecule is CCOc1ccc(CCN2C(=O)c3cc4ccccc4n3C[C@@]2(C)C(=O)NCc2ccccc2)cc1. The smallest absolute Gasteiger partial charge is 0.271 e. The molecule has 0 saturated carbocycles. The Balaban J connectivity index is 1.44. The van der Waals surface area contributed by atoms with Crippen LogP contribution in [0.2, 0.25) is 0 Å². The lowest BCUT2D eigenvalue weighted by Gasteiger charge is -2.44. The first kappa shape index (κ1) is 23.7. The van der Waals surface area contributed by atoms with Gasteiger partial charge in [0.1, 0.15) is 17.0 Å². The van der Waals surface area contributed by atoms with Crippen LogP contribution >= 0.6 is 0 Å². The Bertz CT molecular complexity index is 1380. The Morgan fingerprint density at radius 1 is 0.972 bits per heavy atom. The highest BCUT2D eigenvalue weighted by Gasteiger charge is 2.47. The minimum absolute atomic E-state index is 0.124. The number of para-hydroxylation sites is 1. The Morgan fingerprint density at radius 2 is 1.69 bits per heavy atom. The molecule has 184 valence electrons. The highest BCUT2D eigenvalue weighted by molar-refractivity contribution is 6.03. The standard InChI is InChI=1S/C30H31N3O3/c1-3-36-25-15-13-22(14-16-25)17-18-33-28(34)27-19-24-11-7-8-12-26(24)32(27)21-30(33,2)29(35)31-20-23-9-5-4-6-10-23/h4-16,19H,3,17-18,20-21H2,1-2H3,(H,31,35)/t30-/m0/s1. The van der Waals surface area contributed by atoms with Gasteiger partial charge in [-0.25, -0.2) is 0 Å². The summed E-state index contributed by atoms with van der Waals surface area (Å²) < 4.78 is 7.54.